The average Bonchev–Trinajstić information content (AvgIpc) is 2.85. The van der Waals surface area contributed by atoms with Gasteiger partial charge in [0.2, 0.25) is 0 Å². The van der Waals surface area contributed by atoms with Gasteiger partial charge in [0.05, 0.1) is 30.1 Å². The number of pyridine rings is 1. The molecule has 0 aliphatic carbocycles. The third-order valence-electron chi connectivity index (χ3n) is 6.01. The molecule has 0 bridgehead atoms. The molecule has 1 amide bonds. The van der Waals surface area contributed by atoms with Crippen LogP contribution in [-0.2, 0) is 6.54 Å². The maximum Gasteiger partial charge on any atom is 0.259 e. The second-order valence-electron chi connectivity index (χ2n) is 8.12. The van der Waals surface area contributed by atoms with Gasteiger partial charge in [0, 0.05) is 31.5 Å². The predicted molar refractivity (Wildman–Crippen MR) is 129 cm³/mol. The van der Waals surface area contributed by atoms with Crippen molar-refractivity contribution in [3.8, 4) is 5.75 Å². The third kappa shape index (κ3) is 5.12. The molecule has 1 fully saturated rings. The van der Waals surface area contributed by atoms with E-state index in [2.05, 4.69) is 31.6 Å². The molecule has 1 saturated heterocycles. The fourth-order valence-corrected chi connectivity index (χ4v) is 4.29. The smallest absolute Gasteiger partial charge is 0.259 e. The second kappa shape index (κ2) is 10.4. The van der Waals surface area contributed by atoms with Crippen molar-refractivity contribution in [2.45, 2.75) is 38.8 Å². The number of benzene rings is 1. The number of methoxy groups -OCH3 is 1. The summed E-state index contributed by atoms with van der Waals surface area (Å²) in [5, 5.41) is 6.08. The van der Waals surface area contributed by atoms with E-state index in [4.69, 9.17) is 9.72 Å². The minimum Gasteiger partial charge on any atom is -0.495 e. The van der Waals surface area contributed by atoms with Gasteiger partial charge >= 0.3 is 0 Å². The number of carbonyl (C=O) groups excluding carboxylic acids is 1. The van der Waals surface area contributed by atoms with E-state index in [0.29, 0.717) is 22.7 Å². The lowest BCUT2D eigenvalue weighted by Gasteiger charge is -2.35. The molecule has 3 aromatic rings. The number of anilines is 2. The van der Waals surface area contributed by atoms with E-state index < -0.39 is 0 Å². The Morgan fingerprint density at radius 1 is 1.18 bits per heavy atom. The fraction of sp³-hybridized carbons (Fsp3) is 0.360. The number of nitrogens with one attached hydrogen (secondary N) is 2. The molecule has 0 saturated carbocycles. The van der Waals surface area contributed by atoms with Crippen LogP contribution in [0, 0.1) is 6.92 Å². The van der Waals surface area contributed by atoms with Gasteiger partial charge in [-0.05, 0) is 44.5 Å². The van der Waals surface area contributed by atoms with Crippen molar-refractivity contribution in [1.82, 2.24) is 19.9 Å². The first-order valence-electron chi connectivity index (χ1n) is 11.2. The lowest BCUT2D eigenvalue weighted by molar-refractivity contribution is 0.102. The molecular formula is C25H30N6O2. The van der Waals surface area contributed by atoms with E-state index in [1.807, 2.05) is 38.2 Å². The van der Waals surface area contributed by atoms with Gasteiger partial charge in [-0.2, -0.15) is 0 Å². The van der Waals surface area contributed by atoms with Crippen LogP contribution in [0.4, 0.5) is 11.5 Å². The molecule has 1 unspecified atom stereocenters. The molecule has 0 spiro atoms. The van der Waals surface area contributed by atoms with Gasteiger partial charge in [0.15, 0.2) is 0 Å². The third-order valence-corrected chi connectivity index (χ3v) is 6.01. The number of aromatic nitrogens is 3. The van der Waals surface area contributed by atoms with E-state index >= 15 is 0 Å². The van der Waals surface area contributed by atoms with Crippen molar-refractivity contribution in [2.75, 3.05) is 31.3 Å². The molecule has 2 aromatic heterocycles. The molecule has 1 aromatic carbocycles. The van der Waals surface area contributed by atoms with Gasteiger partial charge < -0.3 is 15.4 Å². The molecule has 3 heterocycles. The van der Waals surface area contributed by atoms with Crippen molar-refractivity contribution in [3.63, 3.8) is 0 Å². The first kappa shape index (κ1) is 22.7. The lowest BCUT2D eigenvalue weighted by atomic mass is 10.00. The van der Waals surface area contributed by atoms with Crippen LogP contribution in [0.15, 0.2) is 48.8 Å². The van der Waals surface area contributed by atoms with Crippen molar-refractivity contribution in [3.05, 3.63) is 71.4 Å². The van der Waals surface area contributed by atoms with Gasteiger partial charge in [-0.3, -0.25) is 9.69 Å². The van der Waals surface area contributed by atoms with Gasteiger partial charge in [0.25, 0.3) is 5.91 Å². The Morgan fingerprint density at radius 2 is 2.03 bits per heavy atom. The van der Waals surface area contributed by atoms with Crippen molar-refractivity contribution < 1.29 is 9.53 Å². The molecule has 1 atom stereocenters. The Hall–Kier alpha value is -3.52. The maximum absolute atomic E-state index is 12.9. The van der Waals surface area contributed by atoms with Crippen molar-refractivity contribution in [2.24, 2.45) is 0 Å². The zero-order valence-corrected chi connectivity index (χ0v) is 19.3. The molecule has 8 heteroatoms. The fourth-order valence-electron chi connectivity index (χ4n) is 4.29. The van der Waals surface area contributed by atoms with Gasteiger partial charge in [-0.25, -0.2) is 15.0 Å². The van der Waals surface area contributed by atoms with Crippen LogP contribution in [0.25, 0.3) is 0 Å². The average molecular weight is 447 g/mol. The van der Waals surface area contributed by atoms with E-state index in [0.717, 1.165) is 49.6 Å². The largest absolute Gasteiger partial charge is 0.495 e. The predicted octanol–water partition coefficient (Wildman–Crippen LogP) is 4.21. The normalized spacial score (nSPS) is 16.3. The van der Waals surface area contributed by atoms with E-state index in [1.165, 1.54) is 0 Å². The summed E-state index contributed by atoms with van der Waals surface area (Å²) < 4.78 is 5.33. The summed E-state index contributed by atoms with van der Waals surface area (Å²) in [6.07, 6.45) is 6.69. The summed E-state index contributed by atoms with van der Waals surface area (Å²) in [6.45, 7) is 3.60. The number of carbonyl (C=O) groups is 1. The van der Waals surface area contributed by atoms with Gasteiger partial charge in [-0.1, -0.05) is 24.6 Å². The Morgan fingerprint density at radius 3 is 2.82 bits per heavy atom. The first-order valence-corrected chi connectivity index (χ1v) is 11.2. The van der Waals surface area contributed by atoms with Gasteiger partial charge in [-0.15, -0.1) is 0 Å². The van der Waals surface area contributed by atoms with Crippen molar-refractivity contribution in [1.29, 1.82) is 0 Å². The number of likely N-dealkylation sites (tertiary alicyclic amines) is 1. The SMILES string of the molecule is CNc1ncccc1CN1CCCCC1c1ncc(C(=O)Nc2ccccc2OC)c(C)n1. The summed E-state index contributed by atoms with van der Waals surface area (Å²) >= 11 is 0. The number of hydrogen-bond acceptors (Lipinski definition) is 7. The second-order valence-corrected chi connectivity index (χ2v) is 8.12. The van der Waals surface area contributed by atoms with E-state index in [-0.39, 0.29) is 11.9 Å². The zero-order valence-electron chi connectivity index (χ0n) is 19.3. The Kier molecular flexibility index (Phi) is 7.14. The molecule has 8 nitrogen and oxygen atoms in total. The van der Waals surface area contributed by atoms with Crippen LogP contribution in [0.3, 0.4) is 0 Å². The number of hydrogen-bond donors (Lipinski definition) is 2. The number of piperidine rings is 1. The summed E-state index contributed by atoms with van der Waals surface area (Å²) in [4.78, 5) is 29.1. The minimum absolute atomic E-state index is 0.105. The van der Waals surface area contributed by atoms with Crippen LogP contribution in [0.5, 0.6) is 5.75 Å². The molecule has 2 N–H and O–H groups in total. The molecule has 33 heavy (non-hydrogen) atoms. The number of aryl methyl sites for hydroxylation is 1. The summed E-state index contributed by atoms with van der Waals surface area (Å²) in [5.74, 6) is 2.01. The Bertz CT molecular complexity index is 1120. The highest BCUT2D eigenvalue weighted by Gasteiger charge is 2.28. The highest BCUT2D eigenvalue weighted by molar-refractivity contribution is 6.05. The number of rotatable bonds is 7. The highest BCUT2D eigenvalue weighted by Crippen LogP contribution is 2.31. The van der Waals surface area contributed by atoms with Crippen molar-refractivity contribution >= 4 is 17.4 Å². The van der Waals surface area contributed by atoms with Crippen LogP contribution in [-0.4, -0.2) is 46.5 Å². The van der Waals surface area contributed by atoms with Gasteiger partial charge in [0.1, 0.15) is 17.4 Å². The zero-order chi connectivity index (χ0) is 23.2. The number of ether oxygens (including phenoxy) is 1. The number of nitrogens with zero attached hydrogens (tertiary/aromatic N) is 4. The number of amides is 1. The molecule has 1 aliphatic heterocycles. The summed E-state index contributed by atoms with van der Waals surface area (Å²) in [7, 11) is 3.47. The lowest BCUT2D eigenvalue weighted by Crippen LogP contribution is -2.34. The maximum atomic E-state index is 12.9. The first-order chi connectivity index (χ1) is 16.1. The minimum atomic E-state index is -0.252. The standard InChI is InChI=1S/C25H30N6O2/c1-17-19(25(32)30-20-10-4-5-12-22(20)33-3)15-28-24(29-17)21-11-6-7-14-31(21)16-18-9-8-13-27-23(18)26-2/h4-5,8-10,12-13,15,21H,6-7,11,14,16H2,1-3H3,(H,26,27)(H,30,32). The summed E-state index contributed by atoms with van der Waals surface area (Å²) in [5.41, 5.74) is 2.88. The summed E-state index contributed by atoms with van der Waals surface area (Å²) in [6, 6.07) is 11.5. The monoisotopic (exact) mass is 446 g/mol. The molecule has 1 aliphatic rings. The quantitative estimate of drug-likeness (QED) is 0.562. The molecule has 4 rings (SSSR count). The van der Waals surface area contributed by atoms with Crippen LogP contribution in [0.2, 0.25) is 0 Å². The Labute approximate surface area is 194 Å². The van der Waals surface area contributed by atoms with E-state index in [1.54, 1.807) is 25.6 Å². The molecule has 172 valence electrons. The topological polar surface area (TPSA) is 92.3 Å². The van der Waals surface area contributed by atoms with E-state index in [9.17, 15) is 4.79 Å². The Balaban J connectivity index is 1.53. The highest BCUT2D eigenvalue weighted by atomic mass is 16.5. The van der Waals surface area contributed by atoms with Crippen LogP contribution >= 0.6 is 0 Å². The van der Waals surface area contributed by atoms with Crippen LogP contribution in [0.1, 0.15) is 52.7 Å². The molecular weight excluding hydrogens is 416 g/mol. The molecule has 0 radical (unpaired) electrons. The van der Waals surface area contributed by atoms with Crippen LogP contribution < -0.4 is 15.4 Å². The number of para-hydroxylation sites is 2.